The SMILES string of the molecule is CCCCOc1cc(C(CC=CC(=O)O)OCC)ccc1OCCc1ccc(OCOCCOC)cc1OC. The number of ether oxygens (including phenoxy) is 7. The van der Waals surface area contributed by atoms with E-state index in [1.165, 1.54) is 0 Å². The summed E-state index contributed by atoms with van der Waals surface area (Å²) in [7, 11) is 3.24. The maximum Gasteiger partial charge on any atom is 0.327 e. The Bertz CT molecular complexity index is 1010. The van der Waals surface area contributed by atoms with Crippen LogP contribution in [-0.2, 0) is 25.4 Å². The molecule has 1 unspecified atom stereocenters. The van der Waals surface area contributed by atoms with Crippen LogP contribution >= 0.6 is 0 Å². The molecule has 0 fully saturated rings. The normalized spacial score (nSPS) is 11.9. The first-order chi connectivity index (χ1) is 19.0. The molecular formula is C30H42O9. The van der Waals surface area contributed by atoms with Crippen molar-refractivity contribution in [2.24, 2.45) is 0 Å². The van der Waals surface area contributed by atoms with Gasteiger partial charge in [0.25, 0.3) is 0 Å². The number of hydrogen-bond donors (Lipinski definition) is 1. The van der Waals surface area contributed by atoms with E-state index < -0.39 is 5.97 Å². The molecule has 0 aliphatic carbocycles. The van der Waals surface area contributed by atoms with Crippen LogP contribution in [0.3, 0.4) is 0 Å². The van der Waals surface area contributed by atoms with Gasteiger partial charge in [0.15, 0.2) is 18.3 Å². The predicted octanol–water partition coefficient (Wildman–Crippen LogP) is 5.60. The highest BCUT2D eigenvalue weighted by molar-refractivity contribution is 5.79. The number of carbonyl (C=O) groups is 1. The summed E-state index contributed by atoms with van der Waals surface area (Å²) >= 11 is 0. The van der Waals surface area contributed by atoms with Gasteiger partial charge < -0.3 is 38.3 Å². The zero-order valence-corrected chi connectivity index (χ0v) is 23.5. The first-order valence-corrected chi connectivity index (χ1v) is 13.3. The Labute approximate surface area is 231 Å². The number of carboxylic acid groups (broad SMARTS) is 1. The minimum absolute atomic E-state index is 0.131. The summed E-state index contributed by atoms with van der Waals surface area (Å²) in [6.07, 6.45) is 5.43. The summed E-state index contributed by atoms with van der Waals surface area (Å²) in [5.41, 5.74) is 1.88. The molecule has 39 heavy (non-hydrogen) atoms. The van der Waals surface area contributed by atoms with E-state index in [1.54, 1.807) is 20.3 Å². The fourth-order valence-electron chi connectivity index (χ4n) is 3.68. The number of hydrogen-bond acceptors (Lipinski definition) is 8. The molecule has 0 amide bonds. The van der Waals surface area contributed by atoms with Crippen LogP contribution in [0.4, 0.5) is 0 Å². The minimum atomic E-state index is -0.983. The highest BCUT2D eigenvalue weighted by Gasteiger charge is 2.15. The fourth-order valence-corrected chi connectivity index (χ4v) is 3.68. The van der Waals surface area contributed by atoms with Gasteiger partial charge in [0.2, 0.25) is 0 Å². The maximum absolute atomic E-state index is 10.9. The molecule has 1 atom stereocenters. The Morgan fingerprint density at radius 3 is 2.46 bits per heavy atom. The highest BCUT2D eigenvalue weighted by atomic mass is 16.7. The molecule has 2 aromatic rings. The smallest absolute Gasteiger partial charge is 0.327 e. The van der Waals surface area contributed by atoms with Gasteiger partial charge in [-0.1, -0.05) is 31.6 Å². The lowest BCUT2D eigenvalue weighted by Crippen LogP contribution is -2.09. The van der Waals surface area contributed by atoms with Crippen molar-refractivity contribution in [2.75, 3.05) is 54.0 Å². The third-order valence-electron chi connectivity index (χ3n) is 5.70. The number of unbranched alkanes of at least 4 members (excludes halogenated alkanes) is 1. The summed E-state index contributed by atoms with van der Waals surface area (Å²) in [5.74, 6) is 1.65. The monoisotopic (exact) mass is 546 g/mol. The molecule has 9 nitrogen and oxygen atoms in total. The molecule has 0 bridgehead atoms. The van der Waals surface area contributed by atoms with Crippen molar-refractivity contribution < 1.29 is 43.1 Å². The second kappa shape index (κ2) is 18.9. The van der Waals surface area contributed by atoms with Gasteiger partial charge in [-0.3, -0.25) is 0 Å². The van der Waals surface area contributed by atoms with E-state index >= 15 is 0 Å². The Morgan fingerprint density at radius 1 is 0.923 bits per heavy atom. The topological polar surface area (TPSA) is 102 Å². The van der Waals surface area contributed by atoms with Crippen LogP contribution in [0.5, 0.6) is 23.0 Å². The number of benzene rings is 2. The summed E-state index contributed by atoms with van der Waals surface area (Å²) in [6.45, 7) is 6.60. The average molecular weight is 547 g/mol. The summed E-state index contributed by atoms with van der Waals surface area (Å²) in [4.78, 5) is 10.9. The largest absolute Gasteiger partial charge is 0.496 e. The van der Waals surface area contributed by atoms with E-state index in [0.717, 1.165) is 30.0 Å². The Balaban J connectivity index is 2.07. The van der Waals surface area contributed by atoms with Crippen molar-refractivity contribution in [1.82, 2.24) is 0 Å². The van der Waals surface area contributed by atoms with Gasteiger partial charge in [0.1, 0.15) is 11.5 Å². The first kappa shape index (κ1) is 31.9. The van der Waals surface area contributed by atoms with Gasteiger partial charge in [0, 0.05) is 32.3 Å². The third kappa shape index (κ3) is 12.0. The van der Waals surface area contributed by atoms with E-state index in [0.29, 0.717) is 68.9 Å². The summed E-state index contributed by atoms with van der Waals surface area (Å²) in [6, 6.07) is 11.4. The van der Waals surface area contributed by atoms with E-state index in [2.05, 4.69) is 6.92 Å². The van der Waals surface area contributed by atoms with E-state index in [1.807, 2.05) is 43.3 Å². The number of carboxylic acids is 1. The van der Waals surface area contributed by atoms with E-state index in [-0.39, 0.29) is 12.9 Å². The molecule has 9 heteroatoms. The molecule has 0 aliphatic rings. The number of rotatable bonds is 21. The van der Waals surface area contributed by atoms with Crippen LogP contribution in [0.1, 0.15) is 50.3 Å². The molecule has 0 aliphatic heterocycles. The van der Waals surface area contributed by atoms with Crippen molar-refractivity contribution in [3.8, 4) is 23.0 Å². The van der Waals surface area contributed by atoms with Gasteiger partial charge in [-0.25, -0.2) is 4.79 Å². The predicted molar refractivity (Wildman–Crippen MR) is 148 cm³/mol. The van der Waals surface area contributed by atoms with Crippen molar-refractivity contribution in [1.29, 1.82) is 0 Å². The second-order valence-electron chi connectivity index (χ2n) is 8.56. The molecule has 2 rings (SSSR count). The lowest BCUT2D eigenvalue weighted by atomic mass is 10.1. The van der Waals surface area contributed by atoms with Crippen LogP contribution in [0.15, 0.2) is 48.6 Å². The van der Waals surface area contributed by atoms with Crippen LogP contribution in [0.25, 0.3) is 0 Å². The zero-order chi connectivity index (χ0) is 28.3. The van der Waals surface area contributed by atoms with E-state index in [4.69, 9.17) is 38.3 Å². The lowest BCUT2D eigenvalue weighted by molar-refractivity contribution is -0.131. The molecular weight excluding hydrogens is 504 g/mol. The molecule has 0 radical (unpaired) electrons. The van der Waals surface area contributed by atoms with Gasteiger partial charge in [-0.15, -0.1) is 0 Å². The van der Waals surface area contributed by atoms with Crippen molar-refractivity contribution in [3.63, 3.8) is 0 Å². The zero-order valence-electron chi connectivity index (χ0n) is 23.5. The van der Waals surface area contributed by atoms with Crippen molar-refractivity contribution >= 4 is 5.97 Å². The van der Waals surface area contributed by atoms with Gasteiger partial charge >= 0.3 is 5.97 Å². The Hall–Kier alpha value is -3.27. The van der Waals surface area contributed by atoms with Gasteiger partial charge in [-0.05, 0) is 49.1 Å². The standard InChI is InChI=1S/C30H42O9/c1-5-7-16-37-29-20-24(26(36-6-2)9-8-10-30(31)32)12-14-27(29)38-17-15-23-11-13-25(21-28(23)34-4)39-22-35-19-18-33-3/h8,10-14,20-21,26H,5-7,9,15-19,22H2,1-4H3,(H,31,32). The van der Waals surface area contributed by atoms with Gasteiger partial charge in [-0.2, -0.15) is 0 Å². The Morgan fingerprint density at radius 2 is 1.74 bits per heavy atom. The highest BCUT2D eigenvalue weighted by Crippen LogP contribution is 2.34. The third-order valence-corrected chi connectivity index (χ3v) is 5.70. The quantitative estimate of drug-likeness (QED) is 0.122. The van der Waals surface area contributed by atoms with Crippen molar-refractivity contribution in [3.05, 3.63) is 59.7 Å². The number of methoxy groups -OCH3 is 2. The van der Waals surface area contributed by atoms with Crippen LogP contribution < -0.4 is 18.9 Å². The van der Waals surface area contributed by atoms with Crippen LogP contribution in [-0.4, -0.2) is 65.1 Å². The molecule has 0 saturated heterocycles. The molecule has 216 valence electrons. The Kier molecular flexibility index (Phi) is 15.5. The minimum Gasteiger partial charge on any atom is -0.496 e. The van der Waals surface area contributed by atoms with E-state index in [9.17, 15) is 4.79 Å². The van der Waals surface area contributed by atoms with Gasteiger partial charge in [0.05, 0.1) is 39.6 Å². The second-order valence-corrected chi connectivity index (χ2v) is 8.56. The molecule has 0 aromatic heterocycles. The summed E-state index contributed by atoms with van der Waals surface area (Å²) < 4.78 is 39.5. The number of aliphatic carboxylic acids is 1. The first-order valence-electron chi connectivity index (χ1n) is 13.3. The molecule has 0 saturated carbocycles. The average Bonchev–Trinajstić information content (AvgIpc) is 2.93. The molecule has 0 heterocycles. The molecule has 0 spiro atoms. The molecule has 1 N–H and O–H groups in total. The summed E-state index contributed by atoms with van der Waals surface area (Å²) in [5, 5.41) is 8.91. The van der Waals surface area contributed by atoms with Crippen molar-refractivity contribution in [2.45, 2.75) is 45.6 Å². The van der Waals surface area contributed by atoms with Crippen LogP contribution in [0.2, 0.25) is 0 Å². The lowest BCUT2D eigenvalue weighted by Gasteiger charge is -2.19. The maximum atomic E-state index is 10.9. The fraction of sp³-hybridized carbons (Fsp3) is 0.500. The van der Waals surface area contributed by atoms with Crippen LogP contribution in [0, 0.1) is 0 Å². The molecule has 2 aromatic carbocycles.